The molecule has 6 atom stereocenters. The number of aliphatic hydroxyl groups excluding tert-OH is 2. The van der Waals surface area contributed by atoms with Crippen molar-refractivity contribution in [2.45, 2.75) is 94.9 Å². The van der Waals surface area contributed by atoms with Crippen molar-refractivity contribution in [3.05, 3.63) is 88.4 Å². The monoisotopic (exact) mass is 639 g/mol. The first kappa shape index (κ1) is 31.8. The van der Waals surface area contributed by atoms with Gasteiger partial charge in [-0.25, -0.2) is 0 Å². The summed E-state index contributed by atoms with van der Waals surface area (Å²) in [6.07, 6.45) is 11.9. The van der Waals surface area contributed by atoms with Crippen LogP contribution in [0.3, 0.4) is 0 Å². The van der Waals surface area contributed by atoms with E-state index in [0.29, 0.717) is 37.8 Å². The first-order valence-corrected chi connectivity index (χ1v) is 17.3. The average molecular weight is 640 g/mol. The number of quaternary nitrogens is 1. The Morgan fingerprint density at radius 2 is 2.11 bits per heavy atom. The second kappa shape index (κ2) is 13.0. The molecule has 3 aliphatic heterocycles. The number of aliphatic hydroxyl groups is 2. The first-order chi connectivity index (χ1) is 22.8. The van der Waals surface area contributed by atoms with E-state index in [9.17, 15) is 20.1 Å². The van der Waals surface area contributed by atoms with Gasteiger partial charge in [0.25, 0.3) is 0 Å². The summed E-state index contributed by atoms with van der Waals surface area (Å²) >= 11 is 0. The summed E-state index contributed by atoms with van der Waals surface area (Å²) in [5.41, 5.74) is 16.2. The number of phenols is 1. The van der Waals surface area contributed by atoms with E-state index < -0.39 is 12.2 Å². The molecular formula is C38H47N4O5+. The number of phenolic OH excluding ortho intramolecular Hbond substituents is 1. The fourth-order valence-electron chi connectivity index (χ4n) is 8.70. The summed E-state index contributed by atoms with van der Waals surface area (Å²) in [4.78, 5) is 18.6. The van der Waals surface area contributed by atoms with Crippen molar-refractivity contribution < 1.29 is 29.8 Å². The van der Waals surface area contributed by atoms with E-state index in [1.165, 1.54) is 46.3 Å². The van der Waals surface area contributed by atoms with Crippen molar-refractivity contribution in [2.24, 2.45) is 16.6 Å². The summed E-state index contributed by atoms with van der Waals surface area (Å²) in [6, 6.07) is 11.8. The molecule has 0 spiro atoms. The van der Waals surface area contributed by atoms with Crippen LogP contribution in [0.15, 0.2) is 71.1 Å². The third-order valence-corrected chi connectivity index (χ3v) is 10.9. The van der Waals surface area contributed by atoms with Crippen molar-refractivity contribution >= 4 is 17.1 Å². The standard InChI is InChI=1S/C38H46N4O5/c1-2-5-26(43)16-28(45)17-27(44)11-9-23-10-12-34(46)35(14-23)47-22-42-20-30-32(19-40-33(30)21-42)38-13-4-6-25(38)15-24-18-41-37(39)29-7-3-8-31(38)36(24)29/h3,7-8,10,12,14,18-20,25-26,28,37,41,43,45-46H,2,4-6,9,11,13,15-17,21-22,39H2,1H3/p+1. The Hall–Kier alpha value is -3.76. The van der Waals surface area contributed by atoms with Gasteiger partial charge in [-0.05, 0) is 90.0 Å². The quantitative estimate of drug-likeness (QED) is 0.196. The largest absolute Gasteiger partial charge is 0.504 e. The van der Waals surface area contributed by atoms with Crippen LogP contribution in [0.2, 0.25) is 0 Å². The van der Waals surface area contributed by atoms with Crippen LogP contribution in [-0.4, -0.2) is 52.3 Å². The van der Waals surface area contributed by atoms with Gasteiger partial charge in [-0.3, -0.25) is 14.7 Å². The Bertz CT molecular complexity index is 1680. The minimum Gasteiger partial charge on any atom is -0.504 e. The van der Waals surface area contributed by atoms with E-state index in [1.807, 2.05) is 6.92 Å². The molecule has 0 radical (unpaired) electrons. The molecule has 248 valence electrons. The number of hydrogen-bond acceptors (Lipinski definition) is 8. The molecule has 2 aliphatic carbocycles. The molecule has 47 heavy (non-hydrogen) atoms. The number of aromatic hydroxyl groups is 1. The minimum atomic E-state index is -0.833. The van der Waals surface area contributed by atoms with E-state index in [-0.39, 0.29) is 42.4 Å². The Morgan fingerprint density at radius 3 is 2.96 bits per heavy atom. The highest BCUT2D eigenvalue weighted by atomic mass is 16.5. The number of aliphatic imine (C=N–C) groups is 1. The van der Waals surface area contributed by atoms with E-state index in [4.69, 9.17) is 15.5 Å². The molecule has 0 saturated heterocycles. The maximum atomic E-state index is 12.5. The van der Waals surface area contributed by atoms with Gasteiger partial charge in [-0.1, -0.05) is 44.0 Å². The van der Waals surface area contributed by atoms with Gasteiger partial charge in [-0.15, -0.1) is 0 Å². The number of nitrogens with two attached hydrogens (primary N) is 1. The third kappa shape index (κ3) is 5.95. The van der Waals surface area contributed by atoms with Gasteiger partial charge in [0.2, 0.25) is 6.73 Å². The van der Waals surface area contributed by atoms with Crippen molar-refractivity contribution in [3.63, 3.8) is 0 Å². The molecule has 7 N–H and O–H groups in total. The molecule has 2 aromatic rings. The maximum Gasteiger partial charge on any atom is 0.227 e. The van der Waals surface area contributed by atoms with Crippen LogP contribution in [0.4, 0.5) is 0 Å². The third-order valence-electron chi connectivity index (χ3n) is 10.9. The van der Waals surface area contributed by atoms with Crippen LogP contribution in [0.1, 0.15) is 93.1 Å². The van der Waals surface area contributed by atoms with Gasteiger partial charge in [0.1, 0.15) is 30.4 Å². The smallest absolute Gasteiger partial charge is 0.227 e. The lowest BCUT2D eigenvalue weighted by molar-refractivity contribution is -0.851. The highest BCUT2D eigenvalue weighted by Crippen LogP contribution is 2.61. The van der Waals surface area contributed by atoms with Crippen LogP contribution >= 0.6 is 0 Å². The summed E-state index contributed by atoms with van der Waals surface area (Å²) in [5.74, 6) is 0.910. The van der Waals surface area contributed by atoms with Gasteiger partial charge >= 0.3 is 0 Å². The molecule has 0 amide bonds. The lowest BCUT2D eigenvalue weighted by Gasteiger charge is -2.45. The zero-order valence-corrected chi connectivity index (χ0v) is 27.2. The number of carbonyl (C=O) groups excluding carboxylic acids is 1. The van der Waals surface area contributed by atoms with Crippen molar-refractivity contribution in [3.8, 4) is 11.5 Å². The molecule has 1 fully saturated rings. The van der Waals surface area contributed by atoms with Crippen molar-refractivity contribution in [1.82, 2.24) is 5.32 Å². The number of nitrogens with one attached hydrogen (secondary N) is 2. The molecule has 0 aromatic heterocycles. The number of carbonyl (C=O) groups is 1. The van der Waals surface area contributed by atoms with Gasteiger partial charge in [0.05, 0.1) is 17.8 Å². The van der Waals surface area contributed by atoms with Gasteiger partial charge in [0.15, 0.2) is 11.5 Å². The summed E-state index contributed by atoms with van der Waals surface area (Å²) < 4.78 is 6.16. The fraction of sp³-hybridized carbons (Fsp3) is 0.474. The second-order valence-electron chi connectivity index (χ2n) is 14.0. The summed E-state index contributed by atoms with van der Waals surface area (Å²) in [7, 11) is 0. The molecule has 1 saturated carbocycles. The minimum absolute atomic E-state index is 0.0346. The van der Waals surface area contributed by atoms with Gasteiger partial charge in [-0.2, -0.15) is 0 Å². The Morgan fingerprint density at radius 1 is 1.23 bits per heavy atom. The number of ketones is 1. The number of fused-ring (bicyclic) bond motifs is 3. The zero-order chi connectivity index (χ0) is 32.7. The number of Topliss-reactive ketones (excluding diaryl/α,β-unsaturated/α-hetero) is 1. The molecule has 6 unspecified atom stereocenters. The predicted molar refractivity (Wildman–Crippen MR) is 181 cm³/mol. The predicted octanol–water partition coefficient (Wildman–Crippen LogP) is 3.70. The molecule has 5 aliphatic rings. The number of rotatable bonds is 13. The SMILES string of the molecule is CCCC(O)CC(O)CC(=O)CCc1ccc(O)c(OC[NH+]2C=C3C(C45CCCC4CC4=CNC(N)c6cccc5c64)=CN=C3C2)c1. The van der Waals surface area contributed by atoms with Crippen LogP contribution in [0.25, 0.3) is 5.57 Å². The van der Waals surface area contributed by atoms with E-state index in [2.05, 4.69) is 42.1 Å². The highest BCUT2D eigenvalue weighted by Gasteiger charge is 2.54. The molecule has 9 heteroatoms. The first-order valence-electron chi connectivity index (χ1n) is 17.3. The van der Waals surface area contributed by atoms with Crippen molar-refractivity contribution in [1.29, 1.82) is 0 Å². The zero-order valence-electron chi connectivity index (χ0n) is 27.2. The van der Waals surface area contributed by atoms with Crippen LogP contribution in [0.5, 0.6) is 11.5 Å². The summed E-state index contributed by atoms with van der Waals surface area (Å²) in [5, 5.41) is 34.0. The summed E-state index contributed by atoms with van der Waals surface area (Å²) in [6.45, 7) is 3.03. The molecule has 3 heterocycles. The Kier molecular flexibility index (Phi) is 8.82. The molecule has 0 bridgehead atoms. The Labute approximate surface area is 276 Å². The normalized spacial score (nSPS) is 26.6. The number of aryl methyl sites for hydroxylation is 1. The number of hydrogen-bond donors (Lipinski definition) is 6. The van der Waals surface area contributed by atoms with Crippen LogP contribution in [0, 0.1) is 5.92 Å². The number of benzene rings is 2. The topological polar surface area (TPSA) is 142 Å². The fourth-order valence-corrected chi connectivity index (χ4v) is 8.70. The number of ether oxygens (including phenoxy) is 1. The van der Waals surface area contributed by atoms with Gasteiger partial charge < -0.3 is 31.1 Å². The second-order valence-corrected chi connectivity index (χ2v) is 14.0. The van der Waals surface area contributed by atoms with E-state index in [0.717, 1.165) is 35.4 Å². The molecule has 9 nitrogen and oxygen atoms in total. The van der Waals surface area contributed by atoms with Crippen LogP contribution in [-0.2, 0) is 16.6 Å². The molecule has 7 rings (SSSR count). The Balaban J connectivity index is 1.02. The lowest BCUT2D eigenvalue weighted by Crippen LogP contribution is -3.07. The average Bonchev–Trinajstić information content (AvgIpc) is 3.77. The lowest BCUT2D eigenvalue weighted by atomic mass is 9.58. The van der Waals surface area contributed by atoms with Crippen LogP contribution < -0.4 is 20.7 Å². The highest BCUT2D eigenvalue weighted by molar-refractivity contribution is 6.09. The maximum absolute atomic E-state index is 12.5. The van der Waals surface area contributed by atoms with Crippen molar-refractivity contribution in [2.75, 3.05) is 13.3 Å². The van der Waals surface area contributed by atoms with Gasteiger partial charge in [0, 0.05) is 30.7 Å². The van der Waals surface area contributed by atoms with E-state index in [1.54, 1.807) is 18.2 Å². The molecule has 2 aromatic carbocycles. The van der Waals surface area contributed by atoms with E-state index >= 15 is 0 Å². The number of nitrogens with zero attached hydrogens (tertiary/aromatic N) is 1. The molecular weight excluding hydrogens is 592 g/mol. The number of allylic oxidation sites excluding steroid dienone is 2.